The molecule has 1 N–H and O–H groups in total. The van der Waals surface area contributed by atoms with Gasteiger partial charge in [-0.3, -0.25) is 4.79 Å². The average molecular weight is 489 g/mol. The number of nitrogens with zero attached hydrogens (tertiary/aromatic N) is 1. The number of benzene rings is 2. The molecule has 2 aromatic carbocycles. The number of sulfonamides is 1. The quantitative estimate of drug-likeness (QED) is 0.573. The van der Waals surface area contributed by atoms with E-state index in [1.807, 2.05) is 24.3 Å². The lowest BCUT2D eigenvalue weighted by atomic mass is 10.2. The van der Waals surface area contributed by atoms with E-state index in [2.05, 4.69) is 5.32 Å². The van der Waals surface area contributed by atoms with Crippen molar-refractivity contribution >= 4 is 50.9 Å². The first-order valence-corrected chi connectivity index (χ1v) is 12.7. The first-order valence-electron chi connectivity index (χ1n) is 9.36. The highest BCUT2D eigenvalue weighted by molar-refractivity contribution is 7.98. The van der Waals surface area contributed by atoms with E-state index in [9.17, 15) is 13.2 Å². The van der Waals surface area contributed by atoms with E-state index in [0.717, 1.165) is 17.1 Å². The van der Waals surface area contributed by atoms with E-state index in [0.29, 0.717) is 24.8 Å². The van der Waals surface area contributed by atoms with E-state index in [1.54, 1.807) is 11.8 Å². The molecule has 1 fully saturated rings. The highest BCUT2D eigenvalue weighted by Crippen LogP contribution is 2.26. The number of morpholine rings is 1. The van der Waals surface area contributed by atoms with Gasteiger partial charge in [-0.2, -0.15) is 16.1 Å². The summed E-state index contributed by atoms with van der Waals surface area (Å²) in [5, 5.41) is 3.62. The second kappa shape index (κ2) is 10.8. The molecule has 1 aliphatic rings. The van der Waals surface area contributed by atoms with Crippen LogP contribution in [0.5, 0.6) is 0 Å². The van der Waals surface area contributed by atoms with Crippen molar-refractivity contribution in [2.75, 3.05) is 38.6 Å². The molecular formula is C20H22Cl2N2O4S2. The van der Waals surface area contributed by atoms with Crippen LogP contribution in [0.25, 0.3) is 0 Å². The standard InChI is InChI=1S/C20H22Cl2N2O4S2/c21-17-4-1-15(2-5-17)14-29-12-7-23-20(25)16-3-6-18(22)19(13-16)30(26,27)24-8-10-28-11-9-24/h1-6,13H,7-12,14H2,(H,23,25). The Morgan fingerprint density at radius 2 is 1.80 bits per heavy atom. The maximum absolute atomic E-state index is 12.9. The van der Waals surface area contributed by atoms with Gasteiger partial charge in [0.25, 0.3) is 5.91 Å². The molecule has 162 valence electrons. The van der Waals surface area contributed by atoms with Crippen molar-refractivity contribution < 1.29 is 17.9 Å². The van der Waals surface area contributed by atoms with Crippen molar-refractivity contribution in [1.82, 2.24) is 9.62 Å². The van der Waals surface area contributed by atoms with Gasteiger partial charge in [-0.15, -0.1) is 0 Å². The highest BCUT2D eigenvalue weighted by atomic mass is 35.5. The Morgan fingerprint density at radius 3 is 2.50 bits per heavy atom. The van der Waals surface area contributed by atoms with Gasteiger partial charge in [0.2, 0.25) is 10.0 Å². The van der Waals surface area contributed by atoms with Crippen molar-refractivity contribution in [3.8, 4) is 0 Å². The van der Waals surface area contributed by atoms with Crippen molar-refractivity contribution in [2.24, 2.45) is 0 Å². The van der Waals surface area contributed by atoms with Gasteiger partial charge in [0, 0.05) is 41.7 Å². The Hall–Kier alpha value is -1.29. The molecule has 2 aromatic rings. The van der Waals surface area contributed by atoms with Gasteiger partial charge in [-0.05, 0) is 35.9 Å². The lowest BCUT2D eigenvalue weighted by Gasteiger charge is -2.26. The fourth-order valence-electron chi connectivity index (χ4n) is 2.88. The van der Waals surface area contributed by atoms with Crippen LogP contribution in [0.3, 0.4) is 0 Å². The summed E-state index contributed by atoms with van der Waals surface area (Å²) in [6.45, 7) is 1.67. The molecule has 0 bridgehead atoms. The second-order valence-corrected chi connectivity index (χ2v) is 10.5. The van der Waals surface area contributed by atoms with Crippen molar-refractivity contribution in [3.05, 3.63) is 63.6 Å². The highest BCUT2D eigenvalue weighted by Gasteiger charge is 2.29. The number of carbonyl (C=O) groups is 1. The third-order valence-corrected chi connectivity index (χ3v) is 8.16. The Balaban J connectivity index is 1.55. The van der Waals surface area contributed by atoms with Crippen LogP contribution < -0.4 is 5.32 Å². The van der Waals surface area contributed by atoms with E-state index in [4.69, 9.17) is 27.9 Å². The largest absolute Gasteiger partial charge is 0.379 e. The molecule has 0 saturated carbocycles. The zero-order valence-electron chi connectivity index (χ0n) is 16.1. The maximum Gasteiger partial charge on any atom is 0.251 e. The van der Waals surface area contributed by atoms with E-state index >= 15 is 0 Å². The molecule has 10 heteroatoms. The summed E-state index contributed by atoms with van der Waals surface area (Å²) in [6.07, 6.45) is 0. The van der Waals surface area contributed by atoms with Crippen molar-refractivity contribution in [3.63, 3.8) is 0 Å². The van der Waals surface area contributed by atoms with E-state index in [1.165, 1.54) is 22.5 Å². The van der Waals surface area contributed by atoms with Crippen LogP contribution in [0.2, 0.25) is 10.0 Å². The zero-order valence-corrected chi connectivity index (χ0v) is 19.3. The van der Waals surface area contributed by atoms with Gasteiger partial charge in [0.1, 0.15) is 4.90 Å². The van der Waals surface area contributed by atoms with Crippen LogP contribution in [0.4, 0.5) is 0 Å². The smallest absolute Gasteiger partial charge is 0.251 e. The number of halogens is 2. The molecule has 1 heterocycles. The van der Waals surface area contributed by atoms with Crippen molar-refractivity contribution in [2.45, 2.75) is 10.6 Å². The number of hydrogen-bond donors (Lipinski definition) is 1. The van der Waals surface area contributed by atoms with Crippen LogP contribution in [-0.2, 0) is 20.5 Å². The summed E-state index contributed by atoms with van der Waals surface area (Å²) in [7, 11) is -3.78. The van der Waals surface area contributed by atoms with Gasteiger partial charge < -0.3 is 10.1 Å². The normalized spacial score (nSPS) is 15.1. The van der Waals surface area contributed by atoms with Gasteiger partial charge >= 0.3 is 0 Å². The number of amides is 1. The lowest BCUT2D eigenvalue weighted by Crippen LogP contribution is -2.40. The number of rotatable bonds is 8. The molecule has 0 spiro atoms. The summed E-state index contributed by atoms with van der Waals surface area (Å²) in [4.78, 5) is 12.4. The second-order valence-electron chi connectivity index (χ2n) is 6.60. The van der Waals surface area contributed by atoms with Crippen LogP contribution in [0.1, 0.15) is 15.9 Å². The Kier molecular flexibility index (Phi) is 8.44. The minimum atomic E-state index is -3.78. The van der Waals surface area contributed by atoms with Gasteiger partial charge in [-0.25, -0.2) is 8.42 Å². The van der Waals surface area contributed by atoms with Gasteiger partial charge in [0.05, 0.1) is 18.2 Å². The molecule has 1 saturated heterocycles. The number of ether oxygens (including phenoxy) is 1. The molecule has 0 aliphatic carbocycles. The number of nitrogens with one attached hydrogen (secondary N) is 1. The molecule has 3 rings (SSSR count). The maximum atomic E-state index is 12.9. The average Bonchev–Trinajstić information content (AvgIpc) is 2.75. The summed E-state index contributed by atoms with van der Waals surface area (Å²) in [6, 6.07) is 11.9. The summed E-state index contributed by atoms with van der Waals surface area (Å²) in [5.74, 6) is 1.20. The molecule has 1 amide bonds. The fourth-order valence-corrected chi connectivity index (χ4v) is 5.73. The molecule has 0 atom stereocenters. The molecular weight excluding hydrogens is 467 g/mol. The minimum absolute atomic E-state index is 0.0594. The Morgan fingerprint density at radius 1 is 1.10 bits per heavy atom. The summed E-state index contributed by atoms with van der Waals surface area (Å²) in [5.41, 5.74) is 1.42. The molecule has 6 nitrogen and oxygen atoms in total. The number of thioether (sulfide) groups is 1. The molecule has 0 radical (unpaired) electrons. The zero-order chi connectivity index (χ0) is 21.6. The van der Waals surface area contributed by atoms with E-state index in [-0.39, 0.29) is 34.5 Å². The molecule has 0 unspecified atom stereocenters. The van der Waals surface area contributed by atoms with Gasteiger partial charge in [0.15, 0.2) is 0 Å². The molecule has 1 aliphatic heterocycles. The third-order valence-electron chi connectivity index (χ3n) is 4.50. The fraction of sp³-hybridized carbons (Fsp3) is 0.350. The van der Waals surface area contributed by atoms with Crippen LogP contribution in [0, 0.1) is 0 Å². The number of hydrogen-bond acceptors (Lipinski definition) is 5. The minimum Gasteiger partial charge on any atom is -0.379 e. The third kappa shape index (κ3) is 6.12. The summed E-state index contributed by atoms with van der Waals surface area (Å²) < 4.78 is 32.3. The van der Waals surface area contributed by atoms with Crippen LogP contribution >= 0.6 is 35.0 Å². The first kappa shape index (κ1) is 23.4. The van der Waals surface area contributed by atoms with Crippen LogP contribution in [-0.4, -0.2) is 57.2 Å². The lowest BCUT2D eigenvalue weighted by molar-refractivity contribution is 0.0730. The first-order chi connectivity index (χ1) is 14.4. The number of carbonyl (C=O) groups excluding carboxylic acids is 1. The Bertz CT molecular complexity index is 979. The predicted octanol–water partition coefficient (Wildman–Crippen LogP) is 3.68. The van der Waals surface area contributed by atoms with Crippen LogP contribution in [0.15, 0.2) is 47.4 Å². The Labute approximate surface area is 190 Å². The molecule has 0 aromatic heterocycles. The SMILES string of the molecule is O=C(NCCSCc1ccc(Cl)cc1)c1ccc(Cl)c(S(=O)(=O)N2CCOCC2)c1. The van der Waals surface area contributed by atoms with Crippen molar-refractivity contribution in [1.29, 1.82) is 0 Å². The van der Waals surface area contributed by atoms with Gasteiger partial charge in [-0.1, -0.05) is 35.3 Å². The van der Waals surface area contributed by atoms with E-state index < -0.39 is 10.0 Å². The topological polar surface area (TPSA) is 75.7 Å². The molecule has 30 heavy (non-hydrogen) atoms. The summed E-state index contributed by atoms with van der Waals surface area (Å²) >= 11 is 13.7. The predicted molar refractivity (Wildman–Crippen MR) is 121 cm³/mol. The monoisotopic (exact) mass is 488 g/mol.